The zero-order valence-electron chi connectivity index (χ0n) is 8.85. The molecule has 0 aromatic heterocycles. The first kappa shape index (κ1) is 12.9. The van der Waals surface area contributed by atoms with Gasteiger partial charge in [0, 0.05) is 0 Å². The van der Waals surface area contributed by atoms with E-state index in [0.717, 1.165) is 0 Å². The highest BCUT2D eigenvalue weighted by molar-refractivity contribution is 7.89. The zero-order chi connectivity index (χ0) is 12.3. The zero-order valence-corrected chi connectivity index (χ0v) is 10.5. The minimum Gasteiger partial charge on any atom is -0.496 e. The van der Waals surface area contributed by atoms with Gasteiger partial charge in [-0.25, -0.2) is 13.1 Å². The molecule has 0 unspecified atom stereocenters. The molecule has 0 saturated carbocycles. The number of sulfonamides is 1. The van der Waals surface area contributed by atoms with Gasteiger partial charge in [-0.3, -0.25) is 0 Å². The van der Waals surface area contributed by atoms with E-state index in [1.165, 1.54) is 32.4 Å². The fourth-order valence-corrected chi connectivity index (χ4v) is 2.08. The second-order valence-electron chi connectivity index (χ2n) is 2.93. The minimum atomic E-state index is -3.50. The van der Waals surface area contributed by atoms with Crippen molar-refractivity contribution in [3.05, 3.63) is 23.8 Å². The largest absolute Gasteiger partial charge is 0.496 e. The van der Waals surface area contributed by atoms with Gasteiger partial charge in [0.2, 0.25) is 10.0 Å². The molecule has 0 aliphatic carbocycles. The first-order valence-electron chi connectivity index (χ1n) is 4.33. The van der Waals surface area contributed by atoms with Crippen molar-refractivity contribution in [1.82, 2.24) is 4.72 Å². The lowest BCUT2D eigenvalue weighted by Gasteiger charge is -2.09. The Hall–Kier alpha value is -1.18. The summed E-state index contributed by atoms with van der Waals surface area (Å²) in [7, 11) is -0.705. The van der Waals surface area contributed by atoms with Crippen molar-refractivity contribution in [3.8, 4) is 5.75 Å². The number of nitrogens with two attached hydrogens (primary N) is 1. The molecule has 0 spiro atoms. The number of thiocarbonyl (C=S) groups is 1. The molecule has 0 radical (unpaired) electrons. The van der Waals surface area contributed by atoms with Crippen LogP contribution in [0.15, 0.2) is 23.1 Å². The van der Waals surface area contributed by atoms with E-state index < -0.39 is 10.0 Å². The van der Waals surface area contributed by atoms with Crippen LogP contribution in [0.1, 0.15) is 5.56 Å². The molecule has 0 heterocycles. The van der Waals surface area contributed by atoms with E-state index in [1.54, 1.807) is 0 Å². The molecule has 16 heavy (non-hydrogen) atoms. The summed E-state index contributed by atoms with van der Waals surface area (Å²) in [6, 6.07) is 4.32. The molecule has 7 heteroatoms. The summed E-state index contributed by atoms with van der Waals surface area (Å²) in [6.45, 7) is 0. The van der Waals surface area contributed by atoms with Crippen molar-refractivity contribution < 1.29 is 13.2 Å². The molecule has 0 saturated heterocycles. The summed E-state index contributed by atoms with van der Waals surface area (Å²) < 4.78 is 30.3. The Balaban J connectivity index is 3.39. The highest BCUT2D eigenvalue weighted by atomic mass is 32.2. The van der Waals surface area contributed by atoms with Gasteiger partial charge < -0.3 is 10.5 Å². The molecule has 1 rings (SSSR count). The molecular formula is C9H12N2O3S2. The van der Waals surface area contributed by atoms with E-state index >= 15 is 0 Å². The lowest BCUT2D eigenvalue weighted by atomic mass is 10.2. The SMILES string of the molecule is CNS(=O)(=O)c1ccc(OC)c(C(N)=S)c1. The summed E-state index contributed by atoms with van der Waals surface area (Å²) in [5, 5.41) is 0. The predicted molar refractivity (Wildman–Crippen MR) is 65.1 cm³/mol. The van der Waals surface area contributed by atoms with Crippen LogP contribution in [-0.2, 0) is 10.0 Å². The topological polar surface area (TPSA) is 81.4 Å². The van der Waals surface area contributed by atoms with E-state index in [4.69, 9.17) is 22.7 Å². The molecule has 5 nitrogen and oxygen atoms in total. The maximum atomic E-state index is 11.5. The van der Waals surface area contributed by atoms with Crippen LogP contribution >= 0.6 is 12.2 Å². The van der Waals surface area contributed by atoms with Crippen LogP contribution in [0, 0.1) is 0 Å². The Morgan fingerprint density at radius 1 is 1.50 bits per heavy atom. The van der Waals surface area contributed by atoms with E-state index in [-0.39, 0.29) is 9.88 Å². The van der Waals surface area contributed by atoms with Gasteiger partial charge in [-0.15, -0.1) is 0 Å². The quantitative estimate of drug-likeness (QED) is 0.758. The van der Waals surface area contributed by atoms with Crippen LogP contribution in [0.2, 0.25) is 0 Å². The Kier molecular flexibility index (Phi) is 3.84. The van der Waals surface area contributed by atoms with Crippen molar-refractivity contribution in [1.29, 1.82) is 0 Å². The van der Waals surface area contributed by atoms with Crippen molar-refractivity contribution in [2.75, 3.05) is 14.2 Å². The number of hydrogen-bond donors (Lipinski definition) is 2. The van der Waals surface area contributed by atoms with Crippen molar-refractivity contribution in [2.24, 2.45) is 5.73 Å². The Morgan fingerprint density at radius 2 is 2.12 bits per heavy atom. The van der Waals surface area contributed by atoms with Gasteiger partial charge in [0.05, 0.1) is 17.6 Å². The molecule has 0 atom stereocenters. The van der Waals surface area contributed by atoms with E-state index in [0.29, 0.717) is 11.3 Å². The molecular weight excluding hydrogens is 248 g/mol. The smallest absolute Gasteiger partial charge is 0.240 e. The normalized spacial score (nSPS) is 11.1. The van der Waals surface area contributed by atoms with Gasteiger partial charge in [-0.1, -0.05) is 12.2 Å². The molecule has 88 valence electrons. The van der Waals surface area contributed by atoms with Crippen LogP contribution in [0.25, 0.3) is 0 Å². The minimum absolute atomic E-state index is 0.0880. The predicted octanol–water partition coefficient (Wildman–Crippen LogP) is 0.237. The van der Waals surface area contributed by atoms with Crippen LogP contribution in [0.3, 0.4) is 0 Å². The molecule has 0 aliphatic rings. The summed E-state index contributed by atoms with van der Waals surface area (Å²) in [4.78, 5) is 0.184. The average molecular weight is 260 g/mol. The third kappa shape index (κ3) is 2.49. The van der Waals surface area contributed by atoms with E-state index in [2.05, 4.69) is 4.72 Å². The number of nitrogens with one attached hydrogen (secondary N) is 1. The molecule has 0 bridgehead atoms. The summed E-state index contributed by atoms with van der Waals surface area (Å²) in [5.41, 5.74) is 5.88. The highest BCUT2D eigenvalue weighted by Crippen LogP contribution is 2.22. The molecule has 0 fully saturated rings. The summed E-state index contributed by atoms with van der Waals surface area (Å²) in [5.74, 6) is 0.447. The number of benzene rings is 1. The molecule has 0 aliphatic heterocycles. The van der Waals surface area contributed by atoms with Crippen LogP contribution in [-0.4, -0.2) is 27.6 Å². The monoisotopic (exact) mass is 260 g/mol. The lowest BCUT2D eigenvalue weighted by Crippen LogP contribution is -2.20. The number of methoxy groups -OCH3 is 1. The van der Waals surface area contributed by atoms with Gasteiger partial charge in [-0.2, -0.15) is 0 Å². The van der Waals surface area contributed by atoms with Crippen molar-refractivity contribution >= 4 is 27.2 Å². The van der Waals surface area contributed by atoms with Crippen molar-refractivity contribution in [3.63, 3.8) is 0 Å². The maximum Gasteiger partial charge on any atom is 0.240 e. The second-order valence-corrected chi connectivity index (χ2v) is 5.26. The Morgan fingerprint density at radius 3 is 2.56 bits per heavy atom. The van der Waals surface area contributed by atoms with Crippen LogP contribution < -0.4 is 15.2 Å². The Labute approximate surface area is 99.6 Å². The van der Waals surface area contributed by atoms with Crippen LogP contribution in [0.5, 0.6) is 5.75 Å². The summed E-state index contributed by atoms with van der Waals surface area (Å²) >= 11 is 4.82. The van der Waals surface area contributed by atoms with Gasteiger partial charge >= 0.3 is 0 Å². The second kappa shape index (κ2) is 4.77. The lowest BCUT2D eigenvalue weighted by molar-refractivity contribution is 0.413. The third-order valence-corrected chi connectivity index (χ3v) is 3.65. The van der Waals surface area contributed by atoms with E-state index in [1.807, 2.05) is 0 Å². The van der Waals surface area contributed by atoms with Gasteiger partial charge in [0.15, 0.2) is 0 Å². The van der Waals surface area contributed by atoms with Gasteiger partial charge in [0.25, 0.3) is 0 Å². The fraction of sp³-hybridized carbons (Fsp3) is 0.222. The van der Waals surface area contributed by atoms with Crippen molar-refractivity contribution in [2.45, 2.75) is 4.90 Å². The van der Waals surface area contributed by atoms with Gasteiger partial charge in [0.1, 0.15) is 10.7 Å². The van der Waals surface area contributed by atoms with E-state index in [9.17, 15) is 8.42 Å². The summed E-state index contributed by atoms with van der Waals surface area (Å²) in [6.07, 6.45) is 0. The average Bonchev–Trinajstić information content (AvgIpc) is 2.28. The fourth-order valence-electron chi connectivity index (χ4n) is 1.16. The molecule has 3 N–H and O–H groups in total. The highest BCUT2D eigenvalue weighted by Gasteiger charge is 2.15. The maximum absolute atomic E-state index is 11.5. The third-order valence-electron chi connectivity index (χ3n) is 2.02. The number of rotatable bonds is 4. The van der Waals surface area contributed by atoms with Crippen LogP contribution in [0.4, 0.5) is 0 Å². The van der Waals surface area contributed by atoms with Gasteiger partial charge in [-0.05, 0) is 25.2 Å². The standard InChI is InChI=1S/C9H12N2O3S2/c1-11-16(12,13)6-3-4-8(14-2)7(5-6)9(10)15/h3-5,11H,1-2H3,(H2,10,15). The first-order chi connectivity index (χ1) is 7.42. The number of hydrogen-bond acceptors (Lipinski definition) is 4. The molecule has 1 aromatic carbocycles. The molecule has 1 aromatic rings. The Bertz CT molecular complexity index is 511. The first-order valence-corrected chi connectivity index (χ1v) is 6.23. The number of ether oxygens (including phenoxy) is 1. The molecule has 0 amide bonds.